The van der Waals surface area contributed by atoms with E-state index in [2.05, 4.69) is 10.00 Å². The van der Waals surface area contributed by atoms with Gasteiger partial charge in [0.25, 0.3) is 0 Å². The van der Waals surface area contributed by atoms with E-state index in [1.165, 1.54) is 28.6 Å². The zero-order valence-electron chi connectivity index (χ0n) is 14.1. The highest BCUT2D eigenvalue weighted by atomic mass is 32.2. The number of hydrogen-bond donors (Lipinski definition) is 0. The van der Waals surface area contributed by atoms with Gasteiger partial charge in [0.2, 0.25) is 10.0 Å². The lowest BCUT2D eigenvalue weighted by Crippen LogP contribution is -2.48. The molecule has 3 heterocycles. The van der Waals surface area contributed by atoms with Crippen LogP contribution in [-0.4, -0.2) is 53.4 Å². The van der Waals surface area contributed by atoms with Crippen LogP contribution in [0.4, 0.5) is 4.39 Å². The second kappa shape index (κ2) is 6.79. The maximum atomic E-state index is 13.9. The second-order valence-corrected chi connectivity index (χ2v) is 8.22. The van der Waals surface area contributed by atoms with Gasteiger partial charge < -0.3 is 0 Å². The Hall–Kier alpha value is -2.29. The Balaban J connectivity index is 1.43. The first kappa shape index (κ1) is 17.1. The van der Waals surface area contributed by atoms with Crippen molar-refractivity contribution < 1.29 is 12.8 Å². The molecular formula is C18H19FN4O2S. The highest BCUT2D eigenvalue weighted by Crippen LogP contribution is 2.21. The third-order valence-corrected chi connectivity index (χ3v) is 6.52. The van der Waals surface area contributed by atoms with Crippen LogP contribution in [0.15, 0.2) is 59.6 Å². The summed E-state index contributed by atoms with van der Waals surface area (Å²) in [6, 6.07) is 13.4. The molecule has 0 radical (unpaired) electrons. The maximum absolute atomic E-state index is 13.9. The van der Waals surface area contributed by atoms with Gasteiger partial charge >= 0.3 is 0 Å². The van der Waals surface area contributed by atoms with Crippen molar-refractivity contribution in [1.82, 2.24) is 18.8 Å². The topological polar surface area (TPSA) is 57.9 Å². The van der Waals surface area contributed by atoms with E-state index in [1.807, 2.05) is 35.0 Å². The fraction of sp³-hybridized carbons (Fsp3) is 0.278. The zero-order chi connectivity index (χ0) is 18.1. The number of sulfonamides is 1. The Bertz CT molecular complexity index is 993. The normalized spacial score (nSPS) is 17.0. The van der Waals surface area contributed by atoms with E-state index in [0.717, 1.165) is 11.2 Å². The number of benzene rings is 1. The average molecular weight is 374 g/mol. The first-order chi connectivity index (χ1) is 12.5. The Kier molecular flexibility index (Phi) is 4.47. The van der Waals surface area contributed by atoms with Crippen molar-refractivity contribution >= 4 is 15.5 Å². The predicted molar refractivity (Wildman–Crippen MR) is 95.6 cm³/mol. The van der Waals surface area contributed by atoms with E-state index in [4.69, 9.17) is 0 Å². The van der Waals surface area contributed by atoms with Gasteiger partial charge in [0.1, 0.15) is 10.7 Å². The van der Waals surface area contributed by atoms with Gasteiger partial charge in [-0.1, -0.05) is 18.2 Å². The van der Waals surface area contributed by atoms with Crippen molar-refractivity contribution in [2.24, 2.45) is 0 Å². The molecule has 4 rings (SSSR count). The van der Waals surface area contributed by atoms with Crippen LogP contribution in [0, 0.1) is 5.82 Å². The summed E-state index contributed by atoms with van der Waals surface area (Å²) >= 11 is 0. The molecule has 6 nitrogen and oxygen atoms in total. The Morgan fingerprint density at radius 1 is 1.00 bits per heavy atom. The third-order valence-electron chi connectivity index (χ3n) is 4.59. The molecule has 0 saturated carbocycles. The molecule has 2 aromatic heterocycles. The highest BCUT2D eigenvalue weighted by Gasteiger charge is 2.30. The van der Waals surface area contributed by atoms with Gasteiger partial charge in [0.15, 0.2) is 0 Å². The van der Waals surface area contributed by atoms with Gasteiger partial charge in [-0.15, -0.1) is 0 Å². The summed E-state index contributed by atoms with van der Waals surface area (Å²) < 4.78 is 42.3. The van der Waals surface area contributed by atoms with Crippen LogP contribution >= 0.6 is 0 Å². The Labute approximate surface area is 151 Å². The predicted octanol–water partition coefficient (Wildman–Crippen LogP) is 1.98. The molecule has 0 bridgehead atoms. The minimum absolute atomic E-state index is 0.256. The Morgan fingerprint density at radius 3 is 2.46 bits per heavy atom. The zero-order valence-corrected chi connectivity index (χ0v) is 14.9. The van der Waals surface area contributed by atoms with Crippen molar-refractivity contribution in [3.8, 4) is 0 Å². The first-order valence-corrected chi connectivity index (χ1v) is 9.88. The number of pyridine rings is 1. The van der Waals surface area contributed by atoms with Gasteiger partial charge in [-0.05, 0) is 30.3 Å². The molecule has 1 aromatic carbocycles. The fourth-order valence-corrected chi connectivity index (χ4v) is 4.71. The molecule has 8 heteroatoms. The van der Waals surface area contributed by atoms with E-state index in [0.29, 0.717) is 32.7 Å². The van der Waals surface area contributed by atoms with Crippen LogP contribution in [0.3, 0.4) is 0 Å². The van der Waals surface area contributed by atoms with E-state index >= 15 is 0 Å². The van der Waals surface area contributed by atoms with Crippen molar-refractivity contribution in [1.29, 1.82) is 0 Å². The molecule has 1 fully saturated rings. The molecule has 26 heavy (non-hydrogen) atoms. The average Bonchev–Trinajstić information content (AvgIpc) is 3.04. The first-order valence-electron chi connectivity index (χ1n) is 8.44. The lowest BCUT2D eigenvalue weighted by Gasteiger charge is -2.33. The van der Waals surface area contributed by atoms with Crippen LogP contribution < -0.4 is 0 Å². The molecule has 3 aromatic rings. The molecule has 1 aliphatic heterocycles. The second-order valence-electron chi connectivity index (χ2n) is 6.32. The van der Waals surface area contributed by atoms with Crippen molar-refractivity contribution in [2.45, 2.75) is 11.4 Å². The molecule has 0 spiro atoms. The lowest BCUT2D eigenvalue weighted by molar-refractivity contribution is 0.179. The summed E-state index contributed by atoms with van der Waals surface area (Å²) in [6.45, 7) is 2.51. The van der Waals surface area contributed by atoms with E-state index < -0.39 is 15.8 Å². The summed E-state index contributed by atoms with van der Waals surface area (Å²) in [6.07, 6.45) is 1.90. The molecule has 0 amide bonds. The highest BCUT2D eigenvalue weighted by molar-refractivity contribution is 7.89. The molecule has 0 atom stereocenters. The third kappa shape index (κ3) is 3.23. The molecule has 0 N–H and O–H groups in total. The number of hydrogen-bond acceptors (Lipinski definition) is 4. The summed E-state index contributed by atoms with van der Waals surface area (Å²) in [5, 5.41) is 4.53. The monoisotopic (exact) mass is 374 g/mol. The van der Waals surface area contributed by atoms with Gasteiger partial charge in [-0.3, -0.25) is 4.90 Å². The number of fused-ring (bicyclic) bond motifs is 1. The number of aromatic nitrogens is 2. The van der Waals surface area contributed by atoms with Gasteiger partial charge in [-0.25, -0.2) is 17.3 Å². The molecular weight excluding hydrogens is 355 g/mol. The van der Waals surface area contributed by atoms with Gasteiger partial charge in [0, 0.05) is 38.9 Å². The summed E-state index contributed by atoms with van der Waals surface area (Å²) in [5.74, 6) is -0.709. The van der Waals surface area contributed by atoms with E-state index in [9.17, 15) is 12.8 Å². The van der Waals surface area contributed by atoms with Crippen molar-refractivity contribution in [3.05, 3.63) is 66.2 Å². The number of piperazine rings is 1. The van der Waals surface area contributed by atoms with E-state index in [-0.39, 0.29) is 4.90 Å². The Morgan fingerprint density at radius 2 is 1.73 bits per heavy atom. The fourth-order valence-electron chi connectivity index (χ4n) is 3.22. The van der Waals surface area contributed by atoms with Crippen LogP contribution in [0.2, 0.25) is 0 Å². The maximum Gasteiger partial charge on any atom is 0.246 e. The van der Waals surface area contributed by atoms with Gasteiger partial charge in [-0.2, -0.15) is 9.40 Å². The number of rotatable bonds is 4. The summed E-state index contributed by atoms with van der Waals surface area (Å²) in [7, 11) is -3.80. The minimum atomic E-state index is -3.80. The van der Waals surface area contributed by atoms with Crippen LogP contribution in [-0.2, 0) is 16.6 Å². The number of nitrogens with zero attached hydrogens (tertiary/aromatic N) is 4. The largest absolute Gasteiger partial charge is 0.295 e. The van der Waals surface area contributed by atoms with Crippen LogP contribution in [0.1, 0.15) is 5.69 Å². The molecule has 1 aliphatic rings. The minimum Gasteiger partial charge on any atom is -0.295 e. The van der Waals surface area contributed by atoms with Crippen molar-refractivity contribution in [3.63, 3.8) is 0 Å². The SMILES string of the molecule is O=S(=O)(c1ccccc1F)N1CCN(Cc2cc3ccccn3n2)CC1. The van der Waals surface area contributed by atoms with Crippen molar-refractivity contribution in [2.75, 3.05) is 26.2 Å². The quantitative estimate of drug-likeness (QED) is 0.701. The van der Waals surface area contributed by atoms with Crippen LogP contribution in [0.25, 0.3) is 5.52 Å². The molecule has 136 valence electrons. The standard InChI is InChI=1S/C18H19FN4O2S/c19-17-6-1-2-7-18(17)26(24,25)22-11-9-21(10-12-22)14-15-13-16-5-3-4-8-23(16)20-15/h1-8,13H,9-12,14H2. The number of halogens is 1. The van der Waals surface area contributed by atoms with E-state index in [1.54, 1.807) is 0 Å². The summed E-state index contributed by atoms with van der Waals surface area (Å²) in [5.41, 5.74) is 1.98. The smallest absolute Gasteiger partial charge is 0.246 e. The molecule has 0 unspecified atom stereocenters. The molecule has 1 saturated heterocycles. The summed E-state index contributed by atoms with van der Waals surface area (Å²) in [4.78, 5) is 1.91. The molecule has 0 aliphatic carbocycles. The lowest BCUT2D eigenvalue weighted by atomic mass is 10.3. The van der Waals surface area contributed by atoms with Crippen LogP contribution in [0.5, 0.6) is 0 Å². The van der Waals surface area contributed by atoms with Gasteiger partial charge in [0.05, 0.1) is 11.2 Å².